The lowest BCUT2D eigenvalue weighted by Crippen LogP contribution is -2.53. The Labute approximate surface area is 158 Å². The van der Waals surface area contributed by atoms with Gasteiger partial charge in [-0.25, -0.2) is 14.1 Å². The summed E-state index contributed by atoms with van der Waals surface area (Å²) >= 11 is 6.37. The van der Waals surface area contributed by atoms with Crippen LogP contribution in [0.5, 0.6) is 0 Å². The van der Waals surface area contributed by atoms with E-state index in [2.05, 4.69) is 20.7 Å². The molecule has 4 N–H and O–H groups in total. The van der Waals surface area contributed by atoms with E-state index >= 15 is 0 Å². The molecule has 2 aliphatic rings. The highest BCUT2D eigenvalue weighted by molar-refractivity contribution is 6.30. The maximum Gasteiger partial charge on any atom is 0.421 e. The summed E-state index contributed by atoms with van der Waals surface area (Å²) in [5, 5.41) is 9.11. The zero-order valence-corrected chi connectivity index (χ0v) is 15.4. The molecule has 0 saturated carbocycles. The molecule has 7 nitrogen and oxygen atoms in total. The lowest BCUT2D eigenvalue weighted by molar-refractivity contribution is -0.0875. The fourth-order valence-electron chi connectivity index (χ4n) is 3.22. The summed E-state index contributed by atoms with van der Waals surface area (Å²) in [5.74, 6) is -2.11. The quantitative estimate of drug-likeness (QED) is 0.659. The standard InChI is InChI=1S/C15H20ClF4N7/c1-22-13-9(14(18,19)20)5-23-15(21,25-13)8-6-24-27(12(8)16)11-3-4-26(2)7-10(11)17/h5-6,10-11,22,25H,3-4,7,21H2,1-2H3. The van der Waals surface area contributed by atoms with Crippen LogP contribution in [0.4, 0.5) is 17.6 Å². The van der Waals surface area contributed by atoms with Gasteiger partial charge in [-0.05, 0) is 13.5 Å². The second-order valence-electron chi connectivity index (χ2n) is 6.61. The molecule has 0 bridgehead atoms. The summed E-state index contributed by atoms with van der Waals surface area (Å²) in [6.07, 6.45) is -3.37. The van der Waals surface area contributed by atoms with Crippen LogP contribution in [0.15, 0.2) is 22.6 Å². The first-order chi connectivity index (χ1) is 12.6. The van der Waals surface area contributed by atoms with Gasteiger partial charge in [-0.15, -0.1) is 0 Å². The van der Waals surface area contributed by atoms with Crippen molar-refractivity contribution in [1.29, 1.82) is 0 Å². The zero-order valence-electron chi connectivity index (χ0n) is 14.7. The number of likely N-dealkylation sites (tertiary alicyclic amines) is 1. The lowest BCUT2D eigenvalue weighted by atomic mass is 10.0. The van der Waals surface area contributed by atoms with Crippen LogP contribution in [-0.4, -0.2) is 60.4 Å². The van der Waals surface area contributed by atoms with Crippen molar-refractivity contribution in [3.63, 3.8) is 0 Å². The van der Waals surface area contributed by atoms with Gasteiger partial charge in [0, 0.05) is 26.4 Å². The number of piperidine rings is 1. The Hall–Kier alpha value is -1.85. The minimum Gasteiger partial charge on any atom is -0.374 e. The maximum atomic E-state index is 14.4. The second-order valence-corrected chi connectivity index (χ2v) is 6.97. The van der Waals surface area contributed by atoms with Gasteiger partial charge in [0.1, 0.15) is 22.7 Å². The third kappa shape index (κ3) is 3.63. The molecule has 12 heteroatoms. The van der Waals surface area contributed by atoms with Crippen LogP contribution in [-0.2, 0) is 5.79 Å². The van der Waals surface area contributed by atoms with Crippen molar-refractivity contribution in [3.05, 3.63) is 28.3 Å². The molecule has 0 radical (unpaired) electrons. The van der Waals surface area contributed by atoms with E-state index < -0.39 is 29.7 Å². The molecule has 3 rings (SSSR count). The average Bonchev–Trinajstić information content (AvgIpc) is 2.96. The number of alkyl halides is 4. The smallest absolute Gasteiger partial charge is 0.374 e. The van der Waals surface area contributed by atoms with Crippen molar-refractivity contribution in [2.24, 2.45) is 10.7 Å². The van der Waals surface area contributed by atoms with Crippen LogP contribution in [0.1, 0.15) is 18.0 Å². The fourth-order valence-corrected chi connectivity index (χ4v) is 3.59. The van der Waals surface area contributed by atoms with Crippen molar-refractivity contribution < 1.29 is 17.6 Å². The molecule has 0 aromatic carbocycles. The van der Waals surface area contributed by atoms with Gasteiger partial charge in [-0.1, -0.05) is 11.6 Å². The molecular formula is C15H20ClF4N7. The fraction of sp³-hybridized carbons (Fsp3) is 0.600. The molecular weight excluding hydrogens is 390 g/mol. The molecule has 0 amide bonds. The van der Waals surface area contributed by atoms with E-state index in [1.54, 1.807) is 0 Å². The molecule has 150 valence electrons. The third-order valence-electron chi connectivity index (χ3n) is 4.71. The minimum absolute atomic E-state index is 0.0327. The number of aliphatic imine (C=N–C) groups is 1. The number of hydrogen-bond acceptors (Lipinski definition) is 6. The maximum absolute atomic E-state index is 14.4. The first kappa shape index (κ1) is 19.9. The van der Waals surface area contributed by atoms with E-state index in [1.165, 1.54) is 17.9 Å². The van der Waals surface area contributed by atoms with Gasteiger partial charge in [0.2, 0.25) is 5.79 Å². The topological polar surface area (TPSA) is 83.5 Å². The summed E-state index contributed by atoms with van der Waals surface area (Å²) in [4.78, 5) is 5.67. The minimum atomic E-state index is -4.61. The largest absolute Gasteiger partial charge is 0.421 e. The van der Waals surface area contributed by atoms with Crippen LogP contribution in [0.2, 0.25) is 5.15 Å². The Morgan fingerprint density at radius 3 is 2.74 bits per heavy atom. The number of allylic oxidation sites excluding steroid dienone is 1. The molecule has 3 heterocycles. The van der Waals surface area contributed by atoms with E-state index in [4.69, 9.17) is 17.3 Å². The SMILES string of the molecule is CNC1=C(C(F)(F)F)C=NC(N)(c2cnn(C3CCN(C)CC3F)c2Cl)N1. The number of hydrogen-bond donors (Lipinski definition) is 3. The first-order valence-electron chi connectivity index (χ1n) is 8.24. The van der Waals surface area contributed by atoms with Crippen LogP contribution in [0.3, 0.4) is 0 Å². The predicted octanol–water partition coefficient (Wildman–Crippen LogP) is 1.49. The van der Waals surface area contributed by atoms with Crippen LogP contribution >= 0.6 is 11.6 Å². The van der Waals surface area contributed by atoms with E-state index in [0.717, 1.165) is 0 Å². The summed E-state index contributed by atoms with van der Waals surface area (Å²) < 4.78 is 55.0. The summed E-state index contributed by atoms with van der Waals surface area (Å²) in [6.45, 7) is 0.907. The number of rotatable bonds is 3. The highest BCUT2D eigenvalue weighted by atomic mass is 35.5. The number of halogens is 5. The molecule has 1 saturated heterocycles. The Balaban J connectivity index is 1.91. The van der Waals surface area contributed by atoms with Gasteiger partial charge in [-0.3, -0.25) is 5.73 Å². The van der Waals surface area contributed by atoms with Crippen molar-refractivity contribution in [1.82, 2.24) is 25.3 Å². The molecule has 3 unspecified atom stereocenters. The van der Waals surface area contributed by atoms with Crippen molar-refractivity contribution >= 4 is 17.8 Å². The molecule has 1 aromatic rings. The molecule has 2 aliphatic heterocycles. The summed E-state index contributed by atoms with van der Waals surface area (Å²) in [6, 6.07) is -0.580. The van der Waals surface area contributed by atoms with Gasteiger partial charge in [0.25, 0.3) is 0 Å². The van der Waals surface area contributed by atoms with Gasteiger partial charge in [0.05, 0.1) is 17.8 Å². The predicted molar refractivity (Wildman–Crippen MR) is 92.9 cm³/mol. The molecule has 3 atom stereocenters. The molecule has 0 spiro atoms. The number of nitrogens with one attached hydrogen (secondary N) is 2. The van der Waals surface area contributed by atoms with E-state index in [-0.39, 0.29) is 23.1 Å². The van der Waals surface area contributed by atoms with E-state index in [0.29, 0.717) is 19.2 Å². The van der Waals surface area contributed by atoms with Gasteiger partial charge < -0.3 is 15.5 Å². The number of nitrogens with two attached hydrogens (primary N) is 1. The van der Waals surface area contributed by atoms with Crippen molar-refractivity contribution in [3.8, 4) is 0 Å². The Bertz CT molecular complexity index is 775. The Kier molecular flexibility index (Phi) is 5.12. The second kappa shape index (κ2) is 6.95. The van der Waals surface area contributed by atoms with Crippen molar-refractivity contribution in [2.75, 3.05) is 27.2 Å². The number of aromatic nitrogens is 2. The van der Waals surface area contributed by atoms with Gasteiger partial charge in [-0.2, -0.15) is 18.3 Å². The Morgan fingerprint density at radius 2 is 2.15 bits per heavy atom. The first-order valence-corrected chi connectivity index (χ1v) is 8.62. The number of nitrogens with zero attached hydrogens (tertiary/aromatic N) is 4. The third-order valence-corrected chi connectivity index (χ3v) is 5.08. The highest BCUT2D eigenvalue weighted by Gasteiger charge is 2.43. The normalized spacial score (nSPS) is 29.8. The molecule has 27 heavy (non-hydrogen) atoms. The van der Waals surface area contributed by atoms with Gasteiger partial charge in [0.15, 0.2) is 0 Å². The summed E-state index contributed by atoms with van der Waals surface area (Å²) in [7, 11) is 3.14. The molecule has 0 aliphatic carbocycles. The van der Waals surface area contributed by atoms with Gasteiger partial charge >= 0.3 is 6.18 Å². The van der Waals surface area contributed by atoms with Crippen LogP contribution < -0.4 is 16.4 Å². The Morgan fingerprint density at radius 1 is 1.44 bits per heavy atom. The molecule has 1 aromatic heterocycles. The van der Waals surface area contributed by atoms with E-state index in [1.807, 2.05) is 11.9 Å². The lowest BCUT2D eigenvalue weighted by Gasteiger charge is -2.34. The average molecular weight is 410 g/mol. The van der Waals surface area contributed by atoms with Crippen molar-refractivity contribution in [2.45, 2.75) is 30.6 Å². The molecule has 1 fully saturated rings. The zero-order chi connectivity index (χ0) is 20.0. The van der Waals surface area contributed by atoms with E-state index in [9.17, 15) is 17.6 Å². The highest BCUT2D eigenvalue weighted by Crippen LogP contribution is 2.35. The van der Waals surface area contributed by atoms with Crippen LogP contribution in [0.25, 0.3) is 0 Å². The van der Waals surface area contributed by atoms with Crippen LogP contribution in [0, 0.1) is 0 Å². The summed E-state index contributed by atoms with van der Waals surface area (Å²) in [5.41, 5.74) is 5.32. The monoisotopic (exact) mass is 409 g/mol.